The van der Waals surface area contributed by atoms with E-state index in [0.717, 1.165) is 19.5 Å². The predicted molar refractivity (Wildman–Crippen MR) is 82.0 cm³/mol. The third-order valence-electron chi connectivity index (χ3n) is 4.25. The molecule has 0 spiro atoms. The number of nitrogens with zero attached hydrogens (tertiary/aromatic N) is 4. The van der Waals surface area contributed by atoms with Crippen molar-refractivity contribution in [2.45, 2.75) is 32.4 Å². The average Bonchev–Trinajstić information content (AvgIpc) is 3.04. The Morgan fingerprint density at radius 2 is 2.13 bits per heavy atom. The largest absolute Gasteiger partial charge is 1.00 e. The fourth-order valence-corrected chi connectivity index (χ4v) is 2.60. The molecule has 1 aromatic rings. The first-order valence-electron chi connectivity index (χ1n) is 7.86. The second kappa shape index (κ2) is 9.17. The third kappa shape index (κ3) is 4.63. The molecule has 1 saturated heterocycles. The molecule has 0 unspecified atom stereocenters. The van der Waals surface area contributed by atoms with Gasteiger partial charge in [-0.05, 0) is 5.92 Å². The number of aliphatic hydroxyl groups excluding tert-OH is 1. The number of aromatic nitrogens is 3. The van der Waals surface area contributed by atoms with Crippen LogP contribution in [-0.4, -0.2) is 63.7 Å². The Kier molecular flexibility index (Phi) is 7.90. The monoisotopic (exact) mass is 345 g/mol. The van der Waals surface area contributed by atoms with Gasteiger partial charge in [-0.25, -0.2) is 4.68 Å². The maximum absolute atomic E-state index is 12.9. The number of piperazine rings is 1. The van der Waals surface area contributed by atoms with E-state index in [9.17, 15) is 4.79 Å². The van der Waals surface area contributed by atoms with E-state index in [4.69, 9.17) is 10.8 Å². The molecule has 4 N–H and O–H groups in total. The molecule has 1 aliphatic heterocycles. The van der Waals surface area contributed by atoms with Gasteiger partial charge in [0.2, 0.25) is 5.91 Å². The van der Waals surface area contributed by atoms with E-state index in [1.54, 1.807) is 10.9 Å². The number of nitrogens with two attached hydrogens (primary N) is 1. The van der Waals surface area contributed by atoms with Crippen molar-refractivity contribution in [3.63, 3.8) is 0 Å². The molecule has 0 aliphatic carbocycles. The van der Waals surface area contributed by atoms with Crippen LogP contribution in [0.15, 0.2) is 6.20 Å². The Balaban J connectivity index is 0.00000264. The molecule has 1 fully saturated rings. The van der Waals surface area contributed by atoms with Gasteiger partial charge in [-0.2, -0.15) is 0 Å². The number of rotatable bonds is 6. The van der Waals surface area contributed by atoms with Crippen LogP contribution >= 0.6 is 0 Å². The van der Waals surface area contributed by atoms with Crippen molar-refractivity contribution in [2.24, 2.45) is 11.7 Å². The number of amides is 1. The van der Waals surface area contributed by atoms with Crippen molar-refractivity contribution in [1.82, 2.24) is 25.2 Å². The van der Waals surface area contributed by atoms with Gasteiger partial charge in [0.15, 0.2) is 0 Å². The summed E-state index contributed by atoms with van der Waals surface area (Å²) in [5.41, 5.74) is 6.27. The Labute approximate surface area is 142 Å². The van der Waals surface area contributed by atoms with Crippen molar-refractivity contribution in [2.75, 3.05) is 32.8 Å². The molecular formula is C14H26ClN6O2-. The number of carbonyl (C=O) groups is 1. The Morgan fingerprint density at radius 1 is 1.48 bits per heavy atom. The van der Waals surface area contributed by atoms with Gasteiger partial charge in [0, 0.05) is 26.2 Å². The van der Waals surface area contributed by atoms with E-state index in [0.29, 0.717) is 18.8 Å². The predicted octanol–water partition coefficient (Wildman–Crippen LogP) is -3.71. The van der Waals surface area contributed by atoms with Crippen molar-refractivity contribution in [3.05, 3.63) is 11.9 Å². The molecule has 132 valence electrons. The zero-order valence-corrected chi connectivity index (χ0v) is 14.4. The number of halogens is 1. The molecule has 0 bridgehead atoms. The fourth-order valence-electron chi connectivity index (χ4n) is 2.60. The standard InChI is InChI=1S/C14H26N6O2.ClH/c1-3-10(2)13(14(22)19-6-4-16-5-7-19)20-8-12(17-18-20)11(15)9-21;/h8,10-11,13,16,21H,3-7,9,15H2,1-2H3;1H/p-1/t10-,11-,13-;/m0./s1. The molecule has 1 aliphatic rings. The van der Waals surface area contributed by atoms with Crippen molar-refractivity contribution in [1.29, 1.82) is 0 Å². The van der Waals surface area contributed by atoms with E-state index in [-0.39, 0.29) is 36.9 Å². The van der Waals surface area contributed by atoms with E-state index in [2.05, 4.69) is 22.6 Å². The van der Waals surface area contributed by atoms with Crippen LogP contribution in [0.25, 0.3) is 0 Å². The lowest BCUT2D eigenvalue weighted by Gasteiger charge is -2.32. The number of carbonyl (C=O) groups excluding carboxylic acids is 1. The molecule has 2 heterocycles. The van der Waals surface area contributed by atoms with Crippen LogP contribution in [0, 0.1) is 5.92 Å². The number of aliphatic hydroxyl groups is 1. The van der Waals surface area contributed by atoms with E-state index >= 15 is 0 Å². The summed E-state index contributed by atoms with van der Waals surface area (Å²) < 4.78 is 1.60. The summed E-state index contributed by atoms with van der Waals surface area (Å²) >= 11 is 0. The van der Waals surface area contributed by atoms with Crippen LogP contribution in [0.3, 0.4) is 0 Å². The molecule has 9 heteroatoms. The molecule has 0 saturated carbocycles. The molecule has 1 amide bonds. The minimum Gasteiger partial charge on any atom is -1.00 e. The fraction of sp³-hybridized carbons (Fsp3) is 0.786. The van der Waals surface area contributed by atoms with Gasteiger partial charge in [-0.15, -0.1) is 5.10 Å². The molecule has 8 nitrogen and oxygen atoms in total. The SMILES string of the molecule is CC[C@H](C)[C@@H](C(=O)N1CCNCC1)n1cc([C@@H](N)CO)nn1.[Cl-]. The Hall–Kier alpha value is -1.22. The summed E-state index contributed by atoms with van der Waals surface area (Å²) in [6, 6.07) is -0.948. The third-order valence-corrected chi connectivity index (χ3v) is 4.25. The van der Waals surface area contributed by atoms with Crippen LogP contribution in [0.5, 0.6) is 0 Å². The van der Waals surface area contributed by atoms with E-state index in [1.807, 2.05) is 11.8 Å². The minimum atomic E-state index is -0.569. The van der Waals surface area contributed by atoms with Crippen LogP contribution < -0.4 is 23.5 Å². The summed E-state index contributed by atoms with van der Waals surface area (Å²) in [6.45, 7) is 6.96. The first kappa shape index (κ1) is 19.8. The van der Waals surface area contributed by atoms with Crippen LogP contribution in [0.1, 0.15) is 38.0 Å². The van der Waals surface area contributed by atoms with Gasteiger partial charge < -0.3 is 33.5 Å². The first-order valence-corrected chi connectivity index (χ1v) is 7.86. The maximum atomic E-state index is 12.9. The van der Waals surface area contributed by atoms with Gasteiger partial charge in [-0.3, -0.25) is 4.79 Å². The number of nitrogens with one attached hydrogen (secondary N) is 1. The first-order chi connectivity index (χ1) is 10.6. The highest BCUT2D eigenvalue weighted by Gasteiger charge is 2.32. The van der Waals surface area contributed by atoms with Gasteiger partial charge >= 0.3 is 0 Å². The van der Waals surface area contributed by atoms with Gasteiger partial charge in [0.1, 0.15) is 11.7 Å². The summed E-state index contributed by atoms with van der Waals surface area (Å²) in [5.74, 6) is 0.215. The smallest absolute Gasteiger partial charge is 0.247 e. The van der Waals surface area contributed by atoms with Crippen LogP contribution in [-0.2, 0) is 4.79 Å². The van der Waals surface area contributed by atoms with Gasteiger partial charge in [0.05, 0.1) is 18.8 Å². The molecule has 23 heavy (non-hydrogen) atoms. The summed E-state index contributed by atoms with van der Waals surface area (Å²) in [7, 11) is 0. The second-order valence-corrected chi connectivity index (χ2v) is 5.82. The summed E-state index contributed by atoms with van der Waals surface area (Å²) in [5, 5.41) is 20.4. The Bertz CT molecular complexity index is 491. The lowest BCUT2D eigenvalue weighted by Crippen LogP contribution is -3.00. The van der Waals surface area contributed by atoms with Crippen LogP contribution in [0.4, 0.5) is 0 Å². The highest BCUT2D eigenvalue weighted by molar-refractivity contribution is 5.80. The molecule has 3 atom stereocenters. The lowest BCUT2D eigenvalue weighted by molar-refractivity contribution is -0.137. The normalized spacial score (nSPS) is 18.9. The van der Waals surface area contributed by atoms with E-state index < -0.39 is 6.04 Å². The minimum absolute atomic E-state index is 0. The van der Waals surface area contributed by atoms with Gasteiger partial charge in [0.25, 0.3) is 0 Å². The van der Waals surface area contributed by atoms with E-state index in [1.165, 1.54) is 0 Å². The quantitative estimate of drug-likeness (QED) is 0.489. The topological polar surface area (TPSA) is 109 Å². The van der Waals surface area contributed by atoms with Crippen molar-refractivity contribution in [3.8, 4) is 0 Å². The molecule has 1 aromatic heterocycles. The lowest BCUT2D eigenvalue weighted by atomic mass is 9.97. The molecule has 2 rings (SSSR count). The highest BCUT2D eigenvalue weighted by atomic mass is 35.5. The zero-order chi connectivity index (χ0) is 16.1. The zero-order valence-electron chi connectivity index (χ0n) is 13.7. The van der Waals surface area contributed by atoms with Crippen LogP contribution in [0.2, 0.25) is 0 Å². The summed E-state index contributed by atoms with van der Waals surface area (Å²) in [4.78, 5) is 14.8. The number of hydrogen-bond donors (Lipinski definition) is 3. The average molecular weight is 346 g/mol. The second-order valence-electron chi connectivity index (χ2n) is 5.82. The van der Waals surface area contributed by atoms with Crippen molar-refractivity contribution >= 4 is 5.91 Å². The molecular weight excluding hydrogens is 320 g/mol. The highest BCUT2D eigenvalue weighted by Crippen LogP contribution is 2.24. The maximum Gasteiger partial charge on any atom is 0.247 e. The Morgan fingerprint density at radius 3 is 2.70 bits per heavy atom. The molecule has 0 aromatic carbocycles. The number of hydrogen-bond acceptors (Lipinski definition) is 6. The van der Waals surface area contributed by atoms with Gasteiger partial charge in [-0.1, -0.05) is 25.5 Å². The van der Waals surface area contributed by atoms with Crippen molar-refractivity contribution < 1.29 is 22.3 Å². The molecule has 0 radical (unpaired) electrons. The summed E-state index contributed by atoms with van der Waals surface area (Å²) in [6.07, 6.45) is 2.54.